The molecule has 2 aromatic heterocycles. The zero-order chi connectivity index (χ0) is 16.4. The van der Waals surface area contributed by atoms with Crippen LogP contribution >= 0.6 is 11.3 Å². The van der Waals surface area contributed by atoms with Crippen molar-refractivity contribution < 1.29 is 9.53 Å². The Balaban J connectivity index is 1.61. The SMILES string of the molecule is CCO[C@@H](C)c1nc(C(=O)N[C@@H]2CCc3nc(C)cn3C2)cs1. The van der Waals surface area contributed by atoms with Crippen molar-refractivity contribution in [2.24, 2.45) is 0 Å². The molecule has 0 unspecified atom stereocenters. The van der Waals surface area contributed by atoms with Gasteiger partial charge < -0.3 is 14.6 Å². The molecule has 0 aliphatic carbocycles. The van der Waals surface area contributed by atoms with E-state index in [4.69, 9.17) is 4.74 Å². The van der Waals surface area contributed by atoms with Crippen molar-refractivity contribution in [2.45, 2.75) is 52.3 Å². The summed E-state index contributed by atoms with van der Waals surface area (Å²) in [7, 11) is 0. The van der Waals surface area contributed by atoms with E-state index >= 15 is 0 Å². The first kappa shape index (κ1) is 16.1. The lowest BCUT2D eigenvalue weighted by Crippen LogP contribution is -2.41. The number of hydrogen-bond donors (Lipinski definition) is 1. The van der Waals surface area contributed by atoms with Gasteiger partial charge in [0.05, 0.1) is 5.69 Å². The van der Waals surface area contributed by atoms with Crippen LogP contribution in [-0.4, -0.2) is 33.1 Å². The number of nitrogens with zero attached hydrogens (tertiary/aromatic N) is 3. The van der Waals surface area contributed by atoms with Crippen LogP contribution in [0.15, 0.2) is 11.6 Å². The van der Waals surface area contributed by atoms with Crippen LogP contribution in [0.4, 0.5) is 0 Å². The van der Waals surface area contributed by atoms with Crippen molar-refractivity contribution in [1.29, 1.82) is 0 Å². The molecule has 0 aromatic carbocycles. The van der Waals surface area contributed by atoms with E-state index in [1.807, 2.05) is 27.0 Å². The third kappa shape index (κ3) is 3.61. The molecule has 0 fully saturated rings. The van der Waals surface area contributed by atoms with Gasteiger partial charge in [-0.15, -0.1) is 11.3 Å². The number of aryl methyl sites for hydroxylation is 2. The average molecular weight is 334 g/mol. The summed E-state index contributed by atoms with van der Waals surface area (Å²) in [6.07, 6.45) is 3.77. The first-order valence-electron chi connectivity index (χ1n) is 7.97. The van der Waals surface area contributed by atoms with Crippen LogP contribution in [0.1, 0.15) is 53.4 Å². The van der Waals surface area contributed by atoms with Gasteiger partial charge in [-0.25, -0.2) is 9.97 Å². The van der Waals surface area contributed by atoms with Crippen molar-refractivity contribution in [2.75, 3.05) is 6.61 Å². The molecule has 124 valence electrons. The van der Waals surface area contributed by atoms with E-state index < -0.39 is 0 Å². The summed E-state index contributed by atoms with van der Waals surface area (Å²) in [6, 6.07) is 0.123. The summed E-state index contributed by atoms with van der Waals surface area (Å²) in [5.74, 6) is 0.996. The molecular formula is C16H22N4O2S. The highest BCUT2D eigenvalue weighted by molar-refractivity contribution is 7.09. The standard InChI is InChI=1S/C16H22N4O2S/c1-4-22-11(3)16-19-13(9-23-16)15(21)18-12-5-6-14-17-10(2)7-20(14)8-12/h7,9,11-12H,4-6,8H2,1-3H3,(H,18,21)/t11-,12+/m0/s1. The fourth-order valence-electron chi connectivity index (χ4n) is 2.86. The quantitative estimate of drug-likeness (QED) is 0.912. The monoisotopic (exact) mass is 334 g/mol. The molecule has 1 amide bonds. The van der Waals surface area contributed by atoms with Gasteiger partial charge in [0.1, 0.15) is 22.6 Å². The van der Waals surface area contributed by atoms with Crippen molar-refractivity contribution in [3.8, 4) is 0 Å². The summed E-state index contributed by atoms with van der Waals surface area (Å²) in [5, 5.41) is 5.73. The lowest BCUT2D eigenvalue weighted by atomic mass is 10.1. The highest BCUT2D eigenvalue weighted by Crippen LogP contribution is 2.21. The molecule has 1 aliphatic rings. The minimum absolute atomic E-state index is 0.0716. The Morgan fingerprint density at radius 2 is 2.39 bits per heavy atom. The van der Waals surface area contributed by atoms with Gasteiger partial charge in [0.15, 0.2) is 0 Å². The molecule has 0 saturated carbocycles. The predicted molar refractivity (Wildman–Crippen MR) is 88.7 cm³/mol. The number of nitrogens with one attached hydrogen (secondary N) is 1. The summed E-state index contributed by atoms with van der Waals surface area (Å²) in [5.41, 5.74) is 1.50. The van der Waals surface area contributed by atoms with E-state index in [-0.39, 0.29) is 18.1 Å². The molecule has 1 aliphatic heterocycles. The zero-order valence-corrected chi connectivity index (χ0v) is 14.5. The lowest BCUT2D eigenvalue weighted by molar-refractivity contribution is 0.0759. The zero-order valence-electron chi connectivity index (χ0n) is 13.7. The Morgan fingerprint density at radius 1 is 1.57 bits per heavy atom. The molecule has 0 spiro atoms. The summed E-state index contributed by atoms with van der Waals surface area (Å²) < 4.78 is 7.65. The second kappa shape index (κ2) is 6.80. The molecule has 6 nitrogen and oxygen atoms in total. The first-order valence-corrected chi connectivity index (χ1v) is 8.85. The van der Waals surface area contributed by atoms with Gasteiger partial charge in [0.25, 0.3) is 5.91 Å². The largest absolute Gasteiger partial charge is 0.372 e. The Bertz CT molecular complexity index is 694. The average Bonchev–Trinajstić information content (AvgIpc) is 3.12. The second-order valence-electron chi connectivity index (χ2n) is 5.83. The molecule has 0 radical (unpaired) electrons. The van der Waals surface area contributed by atoms with Crippen molar-refractivity contribution in [3.05, 3.63) is 33.8 Å². The molecule has 23 heavy (non-hydrogen) atoms. The number of thiazole rings is 1. The number of amides is 1. The van der Waals surface area contributed by atoms with Gasteiger partial charge in [0, 0.05) is 37.2 Å². The second-order valence-corrected chi connectivity index (χ2v) is 6.72. The minimum atomic E-state index is -0.110. The normalized spacial score (nSPS) is 18.5. The van der Waals surface area contributed by atoms with Crippen LogP contribution < -0.4 is 5.32 Å². The fraction of sp³-hybridized carbons (Fsp3) is 0.562. The predicted octanol–water partition coefficient (Wildman–Crippen LogP) is 2.49. The maximum absolute atomic E-state index is 12.4. The maximum Gasteiger partial charge on any atom is 0.271 e. The Hall–Kier alpha value is -1.73. The number of carbonyl (C=O) groups excluding carboxylic acids is 1. The molecule has 2 atom stereocenters. The molecule has 7 heteroatoms. The van der Waals surface area contributed by atoms with Gasteiger partial charge in [0.2, 0.25) is 0 Å². The number of fused-ring (bicyclic) bond motifs is 1. The third-order valence-electron chi connectivity index (χ3n) is 3.97. The van der Waals surface area contributed by atoms with Gasteiger partial charge in [-0.1, -0.05) is 0 Å². The number of carbonyl (C=O) groups is 1. The molecule has 0 bridgehead atoms. The van der Waals surface area contributed by atoms with Crippen molar-refractivity contribution >= 4 is 17.2 Å². The number of imidazole rings is 1. The maximum atomic E-state index is 12.4. The van der Waals surface area contributed by atoms with Crippen LogP contribution in [0.25, 0.3) is 0 Å². The van der Waals surface area contributed by atoms with Gasteiger partial charge >= 0.3 is 0 Å². The first-order chi connectivity index (χ1) is 11.1. The van der Waals surface area contributed by atoms with Crippen LogP contribution in [0.2, 0.25) is 0 Å². The van der Waals surface area contributed by atoms with Crippen LogP contribution in [-0.2, 0) is 17.7 Å². The van der Waals surface area contributed by atoms with Crippen LogP contribution in [0.3, 0.4) is 0 Å². The number of ether oxygens (including phenoxy) is 1. The third-order valence-corrected chi connectivity index (χ3v) is 4.97. The van der Waals surface area contributed by atoms with Gasteiger partial charge in [-0.05, 0) is 27.2 Å². The van der Waals surface area contributed by atoms with Crippen LogP contribution in [0, 0.1) is 6.92 Å². The van der Waals surface area contributed by atoms with Gasteiger partial charge in [-0.3, -0.25) is 4.79 Å². The number of aromatic nitrogens is 3. The molecule has 3 heterocycles. The molecule has 2 aromatic rings. The fourth-order valence-corrected chi connectivity index (χ4v) is 3.67. The summed E-state index contributed by atoms with van der Waals surface area (Å²) in [6.45, 7) is 7.31. The minimum Gasteiger partial charge on any atom is -0.372 e. The molecule has 1 N–H and O–H groups in total. The van der Waals surface area contributed by atoms with Crippen LogP contribution in [0.5, 0.6) is 0 Å². The highest BCUT2D eigenvalue weighted by Gasteiger charge is 2.23. The van der Waals surface area contributed by atoms with E-state index in [2.05, 4.69) is 19.9 Å². The van der Waals surface area contributed by atoms with Crippen molar-refractivity contribution in [3.63, 3.8) is 0 Å². The lowest BCUT2D eigenvalue weighted by Gasteiger charge is -2.24. The van der Waals surface area contributed by atoms with E-state index in [9.17, 15) is 4.79 Å². The van der Waals surface area contributed by atoms with E-state index in [0.717, 1.165) is 35.9 Å². The van der Waals surface area contributed by atoms with E-state index in [1.165, 1.54) is 11.3 Å². The number of rotatable bonds is 5. The topological polar surface area (TPSA) is 69.0 Å². The molecule has 0 saturated heterocycles. The Labute approximate surface area is 139 Å². The van der Waals surface area contributed by atoms with E-state index in [1.54, 1.807) is 5.38 Å². The smallest absolute Gasteiger partial charge is 0.271 e. The van der Waals surface area contributed by atoms with E-state index in [0.29, 0.717) is 12.3 Å². The number of hydrogen-bond acceptors (Lipinski definition) is 5. The summed E-state index contributed by atoms with van der Waals surface area (Å²) in [4.78, 5) is 21.3. The Morgan fingerprint density at radius 3 is 3.17 bits per heavy atom. The molecular weight excluding hydrogens is 312 g/mol. The Kier molecular flexibility index (Phi) is 4.77. The van der Waals surface area contributed by atoms with Gasteiger partial charge in [-0.2, -0.15) is 0 Å². The molecule has 3 rings (SSSR count). The summed E-state index contributed by atoms with van der Waals surface area (Å²) >= 11 is 1.47. The van der Waals surface area contributed by atoms with Crippen molar-refractivity contribution in [1.82, 2.24) is 19.9 Å². The highest BCUT2D eigenvalue weighted by atomic mass is 32.1.